The number of nitrogen functional groups attached to an aromatic ring is 1. The summed E-state index contributed by atoms with van der Waals surface area (Å²) in [4.78, 5) is 33.8. The number of carbonyl (C=O) groups excluding carboxylic acids is 1. The Morgan fingerprint density at radius 3 is 2.72 bits per heavy atom. The summed E-state index contributed by atoms with van der Waals surface area (Å²) in [7, 11) is 0. The highest BCUT2D eigenvalue weighted by Gasteiger charge is 2.09. The summed E-state index contributed by atoms with van der Waals surface area (Å²) in [5.41, 5.74) is 6.34. The third-order valence-electron chi connectivity index (χ3n) is 3.24. The lowest BCUT2D eigenvalue weighted by atomic mass is 10.2. The number of esters is 1. The SMILES string of the molecule is CCOC(=O)c1ccc(NCc2nnc3nc(N)[nH]c(=O)c3n2)cc1. The monoisotopic (exact) mass is 341 g/mol. The van der Waals surface area contributed by atoms with E-state index in [0.717, 1.165) is 5.69 Å². The van der Waals surface area contributed by atoms with Gasteiger partial charge in [0.2, 0.25) is 11.6 Å². The number of benzene rings is 1. The number of aromatic amines is 1. The van der Waals surface area contributed by atoms with E-state index < -0.39 is 5.56 Å². The maximum atomic E-state index is 11.8. The molecule has 128 valence electrons. The molecule has 2 aromatic heterocycles. The van der Waals surface area contributed by atoms with Crippen molar-refractivity contribution in [3.63, 3.8) is 0 Å². The maximum Gasteiger partial charge on any atom is 0.338 e. The highest BCUT2D eigenvalue weighted by Crippen LogP contribution is 2.11. The van der Waals surface area contributed by atoms with Gasteiger partial charge in [-0.25, -0.2) is 9.78 Å². The number of carbonyl (C=O) groups is 1. The van der Waals surface area contributed by atoms with E-state index in [2.05, 4.69) is 30.5 Å². The second kappa shape index (κ2) is 6.91. The van der Waals surface area contributed by atoms with Crippen LogP contribution in [-0.2, 0) is 11.3 Å². The number of aromatic nitrogens is 5. The molecule has 1 aromatic carbocycles. The quantitative estimate of drug-likeness (QED) is 0.563. The van der Waals surface area contributed by atoms with Crippen LogP contribution in [0.5, 0.6) is 0 Å². The van der Waals surface area contributed by atoms with Crippen molar-refractivity contribution in [2.45, 2.75) is 13.5 Å². The Morgan fingerprint density at radius 2 is 2.00 bits per heavy atom. The Labute approximate surface area is 141 Å². The van der Waals surface area contributed by atoms with Crippen LogP contribution in [0.25, 0.3) is 11.2 Å². The van der Waals surface area contributed by atoms with E-state index in [1.807, 2.05) is 0 Å². The molecule has 0 radical (unpaired) electrons. The standard InChI is InChI=1S/C15H15N7O3/c1-2-25-14(24)8-3-5-9(6-4-8)17-7-10-18-11-12(22-21-10)19-15(16)20-13(11)23/h3-6,17H,2,7H2,1H3,(H3,16,19,20,22,23). The van der Waals surface area contributed by atoms with Crippen LogP contribution in [0.2, 0.25) is 0 Å². The minimum Gasteiger partial charge on any atom is -0.462 e. The highest BCUT2D eigenvalue weighted by atomic mass is 16.5. The Kier molecular flexibility index (Phi) is 4.50. The molecule has 0 bridgehead atoms. The third-order valence-corrected chi connectivity index (χ3v) is 3.24. The average molecular weight is 341 g/mol. The number of rotatable bonds is 5. The van der Waals surface area contributed by atoms with E-state index in [1.54, 1.807) is 31.2 Å². The predicted molar refractivity (Wildman–Crippen MR) is 89.9 cm³/mol. The van der Waals surface area contributed by atoms with Gasteiger partial charge < -0.3 is 15.8 Å². The normalized spacial score (nSPS) is 10.6. The van der Waals surface area contributed by atoms with E-state index in [4.69, 9.17) is 10.5 Å². The zero-order valence-electron chi connectivity index (χ0n) is 13.3. The van der Waals surface area contributed by atoms with Gasteiger partial charge in [-0.2, -0.15) is 4.98 Å². The van der Waals surface area contributed by atoms with E-state index in [1.165, 1.54) is 0 Å². The van der Waals surface area contributed by atoms with Gasteiger partial charge in [0.15, 0.2) is 11.3 Å². The molecule has 0 unspecified atom stereocenters. The number of nitrogens with zero attached hydrogens (tertiary/aromatic N) is 4. The molecule has 0 atom stereocenters. The Bertz CT molecular complexity index is 969. The van der Waals surface area contributed by atoms with Gasteiger partial charge in [-0.3, -0.25) is 9.78 Å². The molecule has 3 rings (SSSR count). The van der Waals surface area contributed by atoms with Crippen molar-refractivity contribution in [2.75, 3.05) is 17.7 Å². The second-order valence-corrected chi connectivity index (χ2v) is 5.00. The summed E-state index contributed by atoms with van der Waals surface area (Å²) < 4.78 is 4.92. The minimum absolute atomic E-state index is 0.0406. The summed E-state index contributed by atoms with van der Waals surface area (Å²) in [5.74, 6) is -0.0951. The van der Waals surface area contributed by atoms with Crippen molar-refractivity contribution < 1.29 is 9.53 Å². The van der Waals surface area contributed by atoms with Gasteiger partial charge in [0.25, 0.3) is 5.56 Å². The molecule has 0 amide bonds. The zero-order chi connectivity index (χ0) is 17.8. The number of nitrogens with two attached hydrogens (primary N) is 1. The Morgan fingerprint density at radius 1 is 1.24 bits per heavy atom. The summed E-state index contributed by atoms with van der Waals surface area (Å²) in [5, 5.41) is 10.8. The first-order chi connectivity index (χ1) is 12.1. The van der Waals surface area contributed by atoms with E-state index in [-0.39, 0.29) is 29.6 Å². The fraction of sp³-hybridized carbons (Fsp3) is 0.200. The van der Waals surface area contributed by atoms with Crippen molar-refractivity contribution >= 4 is 28.8 Å². The number of fused-ring (bicyclic) bond motifs is 1. The molecule has 25 heavy (non-hydrogen) atoms. The van der Waals surface area contributed by atoms with Gasteiger partial charge >= 0.3 is 5.97 Å². The zero-order valence-corrected chi connectivity index (χ0v) is 13.3. The van der Waals surface area contributed by atoms with E-state index >= 15 is 0 Å². The van der Waals surface area contributed by atoms with Crippen LogP contribution in [0.3, 0.4) is 0 Å². The van der Waals surface area contributed by atoms with Gasteiger partial charge in [0.05, 0.1) is 18.7 Å². The third kappa shape index (κ3) is 3.68. The summed E-state index contributed by atoms with van der Waals surface area (Å²) >= 11 is 0. The topological polar surface area (TPSA) is 149 Å². The number of hydrogen-bond acceptors (Lipinski definition) is 9. The van der Waals surface area contributed by atoms with Crippen molar-refractivity contribution in [3.8, 4) is 0 Å². The highest BCUT2D eigenvalue weighted by molar-refractivity contribution is 5.89. The molecule has 0 saturated carbocycles. The fourth-order valence-electron chi connectivity index (χ4n) is 2.09. The lowest BCUT2D eigenvalue weighted by Crippen LogP contribution is -2.16. The van der Waals surface area contributed by atoms with E-state index in [0.29, 0.717) is 18.0 Å². The first-order valence-corrected chi connectivity index (χ1v) is 7.47. The molecule has 0 spiro atoms. The minimum atomic E-state index is -0.475. The Hall–Kier alpha value is -3.56. The van der Waals surface area contributed by atoms with Crippen LogP contribution in [0.1, 0.15) is 23.1 Å². The van der Waals surface area contributed by atoms with Crippen LogP contribution in [0, 0.1) is 0 Å². The average Bonchev–Trinajstić information content (AvgIpc) is 2.61. The fourth-order valence-corrected chi connectivity index (χ4v) is 2.09. The van der Waals surface area contributed by atoms with Gasteiger partial charge in [0.1, 0.15) is 0 Å². The molecule has 0 aliphatic rings. The van der Waals surface area contributed by atoms with Crippen LogP contribution in [0.15, 0.2) is 29.1 Å². The molecular formula is C15H15N7O3. The summed E-state index contributed by atoms with van der Waals surface area (Å²) in [6.07, 6.45) is 0. The smallest absolute Gasteiger partial charge is 0.338 e. The number of H-pyrrole nitrogens is 1. The van der Waals surface area contributed by atoms with Crippen molar-refractivity contribution in [1.82, 2.24) is 25.1 Å². The number of nitrogens with one attached hydrogen (secondary N) is 2. The lowest BCUT2D eigenvalue weighted by molar-refractivity contribution is 0.0526. The van der Waals surface area contributed by atoms with Crippen molar-refractivity contribution in [1.29, 1.82) is 0 Å². The number of ether oxygens (including phenoxy) is 1. The van der Waals surface area contributed by atoms with Gasteiger partial charge in [-0.1, -0.05) is 0 Å². The van der Waals surface area contributed by atoms with Crippen LogP contribution >= 0.6 is 0 Å². The molecule has 0 aliphatic heterocycles. The molecule has 0 fully saturated rings. The summed E-state index contributed by atoms with van der Waals surface area (Å²) in [6.45, 7) is 2.32. The molecule has 0 aliphatic carbocycles. The van der Waals surface area contributed by atoms with E-state index in [9.17, 15) is 9.59 Å². The first kappa shape index (κ1) is 16.3. The second-order valence-electron chi connectivity index (χ2n) is 5.00. The van der Waals surface area contributed by atoms with Gasteiger partial charge in [0, 0.05) is 5.69 Å². The number of hydrogen-bond donors (Lipinski definition) is 3. The predicted octanol–water partition coefficient (Wildman–Crippen LogP) is 0.479. The first-order valence-electron chi connectivity index (χ1n) is 7.47. The largest absolute Gasteiger partial charge is 0.462 e. The van der Waals surface area contributed by atoms with Gasteiger partial charge in [-0.15, -0.1) is 10.2 Å². The number of anilines is 2. The molecular weight excluding hydrogens is 326 g/mol. The maximum absolute atomic E-state index is 11.8. The molecule has 3 aromatic rings. The van der Waals surface area contributed by atoms with Crippen molar-refractivity contribution in [2.24, 2.45) is 0 Å². The summed E-state index contributed by atoms with van der Waals surface area (Å²) in [6, 6.07) is 6.76. The van der Waals surface area contributed by atoms with Crippen LogP contribution in [0.4, 0.5) is 11.6 Å². The molecule has 2 heterocycles. The molecule has 10 heteroatoms. The lowest BCUT2D eigenvalue weighted by Gasteiger charge is -2.07. The molecule has 10 nitrogen and oxygen atoms in total. The Balaban J connectivity index is 1.72. The van der Waals surface area contributed by atoms with Crippen molar-refractivity contribution in [3.05, 3.63) is 46.0 Å². The van der Waals surface area contributed by atoms with Gasteiger partial charge in [-0.05, 0) is 31.2 Å². The molecule has 4 N–H and O–H groups in total. The molecule has 0 saturated heterocycles. The van der Waals surface area contributed by atoms with Crippen LogP contribution in [-0.4, -0.2) is 37.7 Å². The van der Waals surface area contributed by atoms with Crippen LogP contribution < -0.4 is 16.6 Å².